The van der Waals surface area contributed by atoms with Crippen LogP contribution in [0.1, 0.15) is 40.8 Å². The van der Waals surface area contributed by atoms with Crippen LogP contribution < -0.4 is 5.32 Å². The fourth-order valence-electron chi connectivity index (χ4n) is 3.53. The van der Waals surface area contributed by atoms with Gasteiger partial charge in [0.25, 0.3) is 5.91 Å². The highest BCUT2D eigenvalue weighted by atomic mass is 35.5. The zero-order valence-electron chi connectivity index (χ0n) is 15.6. The van der Waals surface area contributed by atoms with Gasteiger partial charge in [-0.1, -0.05) is 29.9 Å². The molecule has 1 fully saturated rings. The van der Waals surface area contributed by atoms with E-state index in [1.807, 2.05) is 6.92 Å². The van der Waals surface area contributed by atoms with E-state index in [2.05, 4.69) is 15.3 Å². The van der Waals surface area contributed by atoms with Crippen molar-refractivity contribution in [3.05, 3.63) is 45.3 Å². The molecule has 6 nitrogen and oxygen atoms in total. The Balaban J connectivity index is 1.34. The van der Waals surface area contributed by atoms with E-state index in [1.54, 1.807) is 11.0 Å². The predicted molar refractivity (Wildman–Crippen MR) is 110 cm³/mol. The number of aromatic amines is 1. The normalized spacial score (nSPS) is 17.3. The first-order valence-corrected chi connectivity index (χ1v) is 10.6. The Bertz CT molecular complexity index is 1170. The lowest BCUT2D eigenvalue weighted by Crippen LogP contribution is -2.35. The van der Waals surface area contributed by atoms with Gasteiger partial charge >= 0.3 is 0 Å². The van der Waals surface area contributed by atoms with E-state index in [4.69, 9.17) is 11.6 Å². The molecule has 0 unspecified atom stereocenters. The number of rotatable bonds is 3. The van der Waals surface area contributed by atoms with E-state index >= 15 is 0 Å². The van der Waals surface area contributed by atoms with Crippen molar-refractivity contribution in [2.75, 3.05) is 11.9 Å². The van der Waals surface area contributed by atoms with Gasteiger partial charge in [-0.15, -0.1) is 0 Å². The molecule has 1 saturated carbocycles. The minimum atomic E-state index is -0.453. The Morgan fingerprint density at radius 3 is 2.90 bits per heavy atom. The van der Waals surface area contributed by atoms with Gasteiger partial charge in [0.1, 0.15) is 11.5 Å². The summed E-state index contributed by atoms with van der Waals surface area (Å²) >= 11 is 7.50. The van der Waals surface area contributed by atoms with Crippen molar-refractivity contribution < 1.29 is 14.0 Å². The highest BCUT2D eigenvalue weighted by molar-refractivity contribution is 7.15. The van der Waals surface area contributed by atoms with Crippen molar-refractivity contribution in [1.29, 1.82) is 0 Å². The summed E-state index contributed by atoms with van der Waals surface area (Å²) < 4.78 is 13.6. The smallest absolute Gasteiger partial charge is 0.270 e. The summed E-state index contributed by atoms with van der Waals surface area (Å²) in [4.78, 5) is 35.4. The third-order valence-electron chi connectivity index (χ3n) is 5.67. The number of fused-ring (bicyclic) bond motifs is 2. The maximum absolute atomic E-state index is 13.6. The Kier molecular flexibility index (Phi) is 4.18. The van der Waals surface area contributed by atoms with Gasteiger partial charge in [-0.3, -0.25) is 9.59 Å². The number of H-pyrrole nitrogens is 1. The first-order chi connectivity index (χ1) is 13.8. The molecule has 0 atom stereocenters. The maximum atomic E-state index is 13.6. The van der Waals surface area contributed by atoms with Gasteiger partial charge < -0.3 is 15.2 Å². The van der Waals surface area contributed by atoms with Crippen LogP contribution in [-0.4, -0.2) is 33.2 Å². The topological polar surface area (TPSA) is 78.1 Å². The number of benzene rings is 1. The predicted octanol–water partition coefficient (Wildman–Crippen LogP) is 4.35. The van der Waals surface area contributed by atoms with E-state index in [1.165, 1.54) is 23.5 Å². The summed E-state index contributed by atoms with van der Waals surface area (Å²) in [5.41, 5.74) is 1.53. The van der Waals surface area contributed by atoms with Crippen molar-refractivity contribution in [3.63, 3.8) is 0 Å². The first kappa shape index (κ1) is 18.6. The number of hydrogen-bond donors (Lipinski definition) is 2. The molecule has 2 N–H and O–H groups in total. The Morgan fingerprint density at radius 2 is 2.14 bits per heavy atom. The van der Waals surface area contributed by atoms with Crippen LogP contribution >= 0.6 is 22.9 Å². The third-order valence-corrected chi connectivity index (χ3v) is 6.98. The van der Waals surface area contributed by atoms with E-state index in [0.29, 0.717) is 41.2 Å². The molecular weight excluding hydrogens is 415 g/mol. The second kappa shape index (κ2) is 6.53. The Morgan fingerprint density at radius 1 is 1.34 bits per heavy atom. The largest absolute Gasteiger partial charge is 0.350 e. The minimum absolute atomic E-state index is 0.0127. The molecule has 2 aromatic heterocycles. The van der Waals surface area contributed by atoms with Crippen LogP contribution in [0.2, 0.25) is 5.02 Å². The Hall–Kier alpha value is -2.45. The van der Waals surface area contributed by atoms with Crippen molar-refractivity contribution in [2.24, 2.45) is 5.41 Å². The number of aromatic nitrogens is 2. The van der Waals surface area contributed by atoms with Gasteiger partial charge in [-0.25, -0.2) is 9.37 Å². The number of anilines is 1. The zero-order valence-corrected chi connectivity index (χ0v) is 17.2. The van der Waals surface area contributed by atoms with Crippen LogP contribution in [0.15, 0.2) is 18.2 Å². The third kappa shape index (κ3) is 3.30. The number of nitrogens with zero attached hydrogens (tertiary/aromatic N) is 2. The SMILES string of the molecule is CC1(C(=O)Nc2nc3c(s2)CN(C(=O)c2cc4c(Cl)cc(F)cc4[nH]2)CC3)CC1. The average molecular weight is 433 g/mol. The van der Waals surface area contributed by atoms with E-state index in [9.17, 15) is 14.0 Å². The molecular formula is C20H18ClFN4O2S. The summed E-state index contributed by atoms with van der Waals surface area (Å²) in [7, 11) is 0. The number of hydrogen-bond acceptors (Lipinski definition) is 4. The second-order valence-electron chi connectivity index (χ2n) is 7.91. The highest BCUT2D eigenvalue weighted by Gasteiger charge is 2.45. The summed E-state index contributed by atoms with van der Waals surface area (Å²) in [5, 5.41) is 4.39. The van der Waals surface area contributed by atoms with Crippen LogP contribution in [0, 0.1) is 11.2 Å². The van der Waals surface area contributed by atoms with Crippen molar-refractivity contribution in [2.45, 2.75) is 32.7 Å². The highest BCUT2D eigenvalue weighted by Crippen LogP contribution is 2.46. The summed E-state index contributed by atoms with van der Waals surface area (Å²) in [6.07, 6.45) is 2.44. The lowest BCUT2D eigenvalue weighted by atomic mass is 10.1. The molecule has 2 aliphatic rings. The van der Waals surface area contributed by atoms with Crippen molar-refractivity contribution >= 4 is 50.8 Å². The molecule has 29 heavy (non-hydrogen) atoms. The van der Waals surface area contributed by atoms with Crippen LogP contribution in [0.4, 0.5) is 9.52 Å². The zero-order chi connectivity index (χ0) is 20.3. The number of nitrogens with one attached hydrogen (secondary N) is 2. The van der Waals surface area contributed by atoms with E-state index in [0.717, 1.165) is 23.4 Å². The number of carbonyl (C=O) groups is 2. The van der Waals surface area contributed by atoms with Gasteiger partial charge in [0.15, 0.2) is 5.13 Å². The lowest BCUT2D eigenvalue weighted by Gasteiger charge is -2.25. The number of thiazole rings is 1. The van der Waals surface area contributed by atoms with Gasteiger partial charge in [0.2, 0.25) is 5.91 Å². The molecule has 2 amide bonds. The molecule has 0 bridgehead atoms. The van der Waals surface area contributed by atoms with Gasteiger partial charge in [0.05, 0.1) is 22.8 Å². The lowest BCUT2D eigenvalue weighted by molar-refractivity contribution is -0.120. The number of amides is 2. The molecule has 0 spiro atoms. The van der Waals surface area contributed by atoms with Gasteiger partial charge in [0, 0.05) is 28.6 Å². The first-order valence-electron chi connectivity index (χ1n) is 9.39. The van der Waals surface area contributed by atoms with Crippen LogP contribution in [0.3, 0.4) is 0 Å². The molecule has 3 aromatic rings. The van der Waals surface area contributed by atoms with Crippen LogP contribution in [-0.2, 0) is 17.8 Å². The standard InChI is InChI=1S/C20H18ClFN4O2S/c1-20(3-4-20)18(28)25-19-24-13-2-5-26(9-16(13)29-19)17(27)15-8-11-12(21)6-10(22)7-14(11)23-15/h6-8,23H,2-5,9H2,1H3,(H,24,25,28). The fourth-order valence-corrected chi connectivity index (χ4v) is 4.81. The molecule has 5 rings (SSSR count). The summed E-state index contributed by atoms with van der Waals surface area (Å²) in [6.45, 7) is 2.91. The molecule has 1 aliphatic carbocycles. The molecule has 9 heteroatoms. The molecule has 3 heterocycles. The minimum Gasteiger partial charge on any atom is -0.350 e. The maximum Gasteiger partial charge on any atom is 0.270 e. The molecule has 1 aromatic carbocycles. The average Bonchev–Trinajstić information content (AvgIpc) is 3.12. The number of carbonyl (C=O) groups excluding carboxylic acids is 2. The quantitative estimate of drug-likeness (QED) is 0.645. The van der Waals surface area contributed by atoms with Gasteiger partial charge in [-0.2, -0.15) is 0 Å². The van der Waals surface area contributed by atoms with Crippen LogP contribution in [0.5, 0.6) is 0 Å². The summed E-state index contributed by atoms with van der Waals surface area (Å²) in [5.74, 6) is -0.614. The number of halogens is 2. The monoisotopic (exact) mass is 432 g/mol. The fraction of sp³-hybridized carbons (Fsp3) is 0.350. The molecule has 1 aliphatic heterocycles. The molecule has 150 valence electrons. The summed E-state index contributed by atoms with van der Waals surface area (Å²) in [6, 6.07) is 4.21. The van der Waals surface area contributed by atoms with Crippen molar-refractivity contribution in [3.8, 4) is 0 Å². The van der Waals surface area contributed by atoms with Gasteiger partial charge in [-0.05, 0) is 31.0 Å². The second-order valence-corrected chi connectivity index (χ2v) is 9.40. The van der Waals surface area contributed by atoms with E-state index in [-0.39, 0.29) is 22.3 Å². The Labute approximate surface area is 175 Å². The molecule has 0 radical (unpaired) electrons. The molecule has 0 saturated heterocycles. The van der Waals surface area contributed by atoms with Crippen molar-refractivity contribution in [1.82, 2.24) is 14.9 Å². The van der Waals surface area contributed by atoms with Crippen LogP contribution in [0.25, 0.3) is 10.9 Å². The van der Waals surface area contributed by atoms with E-state index < -0.39 is 5.82 Å².